The number of aliphatic hydroxyl groups excluding tert-OH is 1. The first-order valence-corrected chi connectivity index (χ1v) is 4.49. The predicted molar refractivity (Wildman–Crippen MR) is 50.6 cm³/mol. The van der Waals surface area contributed by atoms with Gasteiger partial charge >= 0.3 is 0 Å². The van der Waals surface area contributed by atoms with Crippen molar-refractivity contribution in [1.29, 1.82) is 0 Å². The average molecular weight is 214 g/mol. The molecule has 1 aromatic heterocycles. The fourth-order valence-corrected chi connectivity index (χ4v) is 1.52. The van der Waals surface area contributed by atoms with E-state index in [1.165, 1.54) is 6.33 Å². The minimum absolute atomic E-state index is 0.145. The second kappa shape index (κ2) is 3.51. The highest BCUT2D eigenvalue weighted by atomic mass is 35.5. The summed E-state index contributed by atoms with van der Waals surface area (Å²) >= 11 is 5.72. The van der Waals surface area contributed by atoms with E-state index in [0.29, 0.717) is 25.2 Å². The number of hydrogen-bond donors (Lipinski definition) is 1. The third-order valence-electron chi connectivity index (χ3n) is 2.09. The zero-order valence-electron chi connectivity index (χ0n) is 7.22. The van der Waals surface area contributed by atoms with Crippen molar-refractivity contribution < 1.29 is 9.90 Å². The highest BCUT2D eigenvalue weighted by Crippen LogP contribution is 2.24. The Morgan fingerprint density at radius 3 is 2.86 bits per heavy atom. The second-order valence-electron chi connectivity index (χ2n) is 3.08. The molecule has 0 aliphatic carbocycles. The van der Waals surface area contributed by atoms with Crippen LogP contribution in [0.4, 0.5) is 5.82 Å². The van der Waals surface area contributed by atoms with Crippen LogP contribution in [-0.4, -0.2) is 40.6 Å². The molecule has 2 heterocycles. The third kappa shape index (κ3) is 1.44. The maximum atomic E-state index is 10.7. The predicted octanol–water partition coefficient (Wildman–Crippen LogP) is 0.123. The van der Waals surface area contributed by atoms with Gasteiger partial charge in [-0.15, -0.1) is 0 Å². The normalized spacial score (nSPS) is 16.6. The SMILES string of the molecule is O=Cc1c(Cl)ncnc1N1CC(O)C1. The quantitative estimate of drug-likeness (QED) is 0.559. The van der Waals surface area contributed by atoms with Gasteiger partial charge in [0.15, 0.2) is 6.29 Å². The fourth-order valence-electron chi connectivity index (χ4n) is 1.35. The van der Waals surface area contributed by atoms with Gasteiger partial charge in [0.05, 0.1) is 11.7 Å². The number of aldehydes is 1. The highest BCUT2D eigenvalue weighted by Gasteiger charge is 2.28. The molecule has 1 aliphatic rings. The number of carbonyl (C=O) groups is 1. The summed E-state index contributed by atoms with van der Waals surface area (Å²) in [5, 5.41) is 9.25. The molecular weight excluding hydrogens is 206 g/mol. The molecule has 14 heavy (non-hydrogen) atoms. The van der Waals surface area contributed by atoms with E-state index < -0.39 is 0 Å². The van der Waals surface area contributed by atoms with Crippen molar-refractivity contribution in [2.45, 2.75) is 6.10 Å². The van der Waals surface area contributed by atoms with Gasteiger partial charge < -0.3 is 10.0 Å². The molecule has 0 radical (unpaired) electrons. The number of hydrogen-bond acceptors (Lipinski definition) is 5. The zero-order valence-corrected chi connectivity index (χ0v) is 7.98. The fraction of sp³-hybridized carbons (Fsp3) is 0.375. The Balaban J connectivity index is 2.33. The largest absolute Gasteiger partial charge is 0.389 e. The topological polar surface area (TPSA) is 66.3 Å². The molecule has 0 atom stereocenters. The number of carbonyl (C=O) groups excluding carboxylic acids is 1. The first-order valence-electron chi connectivity index (χ1n) is 4.11. The monoisotopic (exact) mass is 213 g/mol. The van der Waals surface area contributed by atoms with Crippen LogP contribution >= 0.6 is 11.6 Å². The van der Waals surface area contributed by atoms with Crippen LogP contribution in [0.3, 0.4) is 0 Å². The highest BCUT2D eigenvalue weighted by molar-refractivity contribution is 6.32. The average Bonchev–Trinajstić information content (AvgIpc) is 2.13. The number of rotatable bonds is 2. The lowest BCUT2D eigenvalue weighted by molar-refractivity contribution is 0.111. The molecule has 1 saturated heterocycles. The Bertz CT molecular complexity index is 366. The van der Waals surface area contributed by atoms with Gasteiger partial charge in [0.1, 0.15) is 17.3 Å². The lowest BCUT2D eigenvalue weighted by atomic mass is 10.1. The van der Waals surface area contributed by atoms with Gasteiger partial charge in [-0.05, 0) is 0 Å². The maximum absolute atomic E-state index is 10.7. The summed E-state index contributed by atoms with van der Waals surface area (Å²) in [4.78, 5) is 20.2. The van der Waals surface area contributed by atoms with Crippen LogP contribution in [0.2, 0.25) is 5.15 Å². The molecule has 2 rings (SSSR count). The van der Waals surface area contributed by atoms with Crippen molar-refractivity contribution in [2.75, 3.05) is 18.0 Å². The number of anilines is 1. The molecule has 5 nitrogen and oxygen atoms in total. The third-order valence-corrected chi connectivity index (χ3v) is 2.40. The molecule has 1 aromatic rings. The molecule has 6 heteroatoms. The Kier molecular flexibility index (Phi) is 2.35. The van der Waals surface area contributed by atoms with Gasteiger partial charge in [0.25, 0.3) is 0 Å². The van der Waals surface area contributed by atoms with E-state index in [9.17, 15) is 4.79 Å². The minimum atomic E-state index is -0.344. The zero-order chi connectivity index (χ0) is 10.1. The number of aliphatic hydroxyl groups is 1. The summed E-state index contributed by atoms with van der Waals surface area (Å²) in [6.45, 7) is 0.961. The summed E-state index contributed by atoms with van der Waals surface area (Å²) in [6, 6.07) is 0. The van der Waals surface area contributed by atoms with Gasteiger partial charge in [0, 0.05) is 13.1 Å². The molecule has 0 saturated carbocycles. The van der Waals surface area contributed by atoms with E-state index >= 15 is 0 Å². The lowest BCUT2D eigenvalue weighted by Gasteiger charge is -2.37. The van der Waals surface area contributed by atoms with Crippen molar-refractivity contribution in [3.63, 3.8) is 0 Å². The van der Waals surface area contributed by atoms with Gasteiger partial charge in [-0.3, -0.25) is 4.79 Å². The lowest BCUT2D eigenvalue weighted by Crippen LogP contribution is -2.51. The van der Waals surface area contributed by atoms with Gasteiger partial charge in [-0.2, -0.15) is 0 Å². The van der Waals surface area contributed by atoms with E-state index in [-0.39, 0.29) is 16.8 Å². The van der Waals surface area contributed by atoms with Crippen molar-refractivity contribution in [3.8, 4) is 0 Å². The van der Waals surface area contributed by atoms with E-state index in [0.717, 1.165) is 0 Å². The van der Waals surface area contributed by atoms with Crippen LogP contribution in [0.5, 0.6) is 0 Å². The second-order valence-corrected chi connectivity index (χ2v) is 3.44. The molecule has 0 amide bonds. The minimum Gasteiger partial charge on any atom is -0.389 e. The number of halogens is 1. The summed E-state index contributed by atoms with van der Waals surface area (Å²) in [7, 11) is 0. The van der Waals surface area contributed by atoms with Crippen molar-refractivity contribution in [2.24, 2.45) is 0 Å². The standard InChI is InChI=1S/C8H8ClN3O2/c9-7-6(3-13)8(11-4-10-7)12-1-5(14)2-12/h3-5,14H,1-2H2. The first-order chi connectivity index (χ1) is 6.72. The Labute approximate surface area is 85.3 Å². The Hall–Kier alpha value is -1.20. The maximum Gasteiger partial charge on any atom is 0.156 e. The molecule has 0 unspecified atom stereocenters. The van der Waals surface area contributed by atoms with Crippen LogP contribution in [0.25, 0.3) is 0 Å². The van der Waals surface area contributed by atoms with Gasteiger partial charge in [0.2, 0.25) is 0 Å². The molecule has 1 N–H and O–H groups in total. The Morgan fingerprint density at radius 2 is 2.29 bits per heavy atom. The summed E-state index contributed by atoms with van der Waals surface area (Å²) in [6.07, 6.45) is 1.58. The van der Waals surface area contributed by atoms with Gasteiger partial charge in [-0.25, -0.2) is 9.97 Å². The smallest absolute Gasteiger partial charge is 0.156 e. The van der Waals surface area contributed by atoms with E-state index in [1.807, 2.05) is 0 Å². The van der Waals surface area contributed by atoms with Crippen molar-refractivity contribution in [1.82, 2.24) is 9.97 Å². The molecule has 0 spiro atoms. The molecule has 0 bridgehead atoms. The van der Waals surface area contributed by atoms with Crippen molar-refractivity contribution in [3.05, 3.63) is 17.0 Å². The summed E-state index contributed by atoms with van der Waals surface area (Å²) < 4.78 is 0. The van der Waals surface area contributed by atoms with Gasteiger partial charge in [-0.1, -0.05) is 11.6 Å². The van der Waals surface area contributed by atoms with Crippen molar-refractivity contribution >= 4 is 23.7 Å². The van der Waals surface area contributed by atoms with Crippen LogP contribution in [0.15, 0.2) is 6.33 Å². The molecule has 1 fully saturated rings. The number of aromatic nitrogens is 2. The number of nitrogens with zero attached hydrogens (tertiary/aromatic N) is 3. The van der Waals surface area contributed by atoms with E-state index in [1.54, 1.807) is 4.90 Å². The van der Waals surface area contributed by atoms with E-state index in [2.05, 4.69) is 9.97 Å². The van der Waals surface area contributed by atoms with E-state index in [4.69, 9.17) is 16.7 Å². The van der Waals surface area contributed by atoms with Crippen LogP contribution in [0, 0.1) is 0 Å². The van der Waals surface area contributed by atoms with Crippen LogP contribution < -0.4 is 4.90 Å². The first kappa shape index (κ1) is 9.36. The van der Waals surface area contributed by atoms with Crippen LogP contribution in [0.1, 0.15) is 10.4 Å². The molecule has 74 valence electrons. The summed E-state index contributed by atoms with van der Waals surface area (Å²) in [5.41, 5.74) is 0.279. The summed E-state index contributed by atoms with van der Waals surface area (Å²) in [5.74, 6) is 0.491. The van der Waals surface area contributed by atoms with Crippen LogP contribution in [-0.2, 0) is 0 Å². The Morgan fingerprint density at radius 1 is 1.57 bits per heavy atom. The number of β-amino-alcohol motifs (C(OH)–C–C–N with tert-alkyl or cyclic N) is 1. The molecule has 0 aromatic carbocycles. The molecular formula is C8H8ClN3O2. The molecule has 1 aliphatic heterocycles.